The third-order valence-corrected chi connectivity index (χ3v) is 4.38. The van der Waals surface area contributed by atoms with Gasteiger partial charge in [-0.2, -0.15) is 0 Å². The lowest BCUT2D eigenvalue weighted by Crippen LogP contribution is -2.39. The van der Waals surface area contributed by atoms with E-state index in [2.05, 4.69) is 47.3 Å². The predicted molar refractivity (Wildman–Crippen MR) is 94.8 cm³/mol. The molecule has 5 nitrogen and oxygen atoms in total. The normalized spacial score (nSPS) is 17.6. The summed E-state index contributed by atoms with van der Waals surface area (Å²) in [6, 6.07) is 8.30. The summed E-state index contributed by atoms with van der Waals surface area (Å²) in [6.07, 6.45) is 5.51. The number of aryl methyl sites for hydroxylation is 1. The number of aromatic nitrogens is 2. The first-order chi connectivity index (χ1) is 11.6. The van der Waals surface area contributed by atoms with Crippen LogP contribution in [0.25, 0.3) is 0 Å². The van der Waals surface area contributed by atoms with Crippen LogP contribution in [0.15, 0.2) is 36.7 Å². The van der Waals surface area contributed by atoms with E-state index in [1.165, 1.54) is 17.5 Å². The van der Waals surface area contributed by atoms with Crippen molar-refractivity contribution in [2.75, 3.05) is 18.4 Å². The summed E-state index contributed by atoms with van der Waals surface area (Å²) in [5.74, 6) is 1.14. The fraction of sp³-hybridized carbons (Fsp3) is 0.421. The number of rotatable bonds is 4. The number of nitrogens with zero attached hydrogens (tertiary/aromatic N) is 3. The molecule has 1 aromatic carbocycles. The van der Waals surface area contributed by atoms with Gasteiger partial charge in [-0.1, -0.05) is 36.8 Å². The van der Waals surface area contributed by atoms with Crippen LogP contribution >= 0.6 is 0 Å². The van der Waals surface area contributed by atoms with Crippen molar-refractivity contribution < 1.29 is 4.79 Å². The molecule has 3 rings (SSSR count). The predicted octanol–water partition coefficient (Wildman–Crippen LogP) is 3.27. The molecule has 2 aromatic rings. The van der Waals surface area contributed by atoms with Gasteiger partial charge in [0.05, 0.1) is 5.56 Å². The lowest BCUT2D eigenvalue weighted by Gasteiger charge is -2.30. The van der Waals surface area contributed by atoms with E-state index in [1.54, 1.807) is 12.4 Å². The van der Waals surface area contributed by atoms with Gasteiger partial charge in [0.25, 0.3) is 5.91 Å². The quantitative estimate of drug-likeness (QED) is 0.938. The number of carbonyl (C=O) groups excluding carboxylic acids is 1. The molecule has 1 unspecified atom stereocenters. The number of hydrogen-bond donors (Lipinski definition) is 1. The maximum atomic E-state index is 12.5. The number of benzene rings is 1. The van der Waals surface area contributed by atoms with E-state index in [4.69, 9.17) is 0 Å². The smallest absolute Gasteiger partial charge is 0.257 e. The van der Waals surface area contributed by atoms with E-state index in [9.17, 15) is 4.79 Å². The number of hydrogen-bond acceptors (Lipinski definition) is 4. The summed E-state index contributed by atoms with van der Waals surface area (Å²) < 4.78 is 0. The van der Waals surface area contributed by atoms with Gasteiger partial charge in [0.15, 0.2) is 0 Å². The van der Waals surface area contributed by atoms with Crippen molar-refractivity contribution in [1.82, 2.24) is 14.9 Å². The van der Waals surface area contributed by atoms with Gasteiger partial charge in [0.2, 0.25) is 5.95 Å². The van der Waals surface area contributed by atoms with E-state index < -0.39 is 0 Å². The first-order valence-electron chi connectivity index (χ1n) is 8.52. The van der Waals surface area contributed by atoms with Crippen molar-refractivity contribution in [3.05, 3.63) is 53.3 Å². The van der Waals surface area contributed by atoms with E-state index in [1.807, 2.05) is 11.0 Å². The van der Waals surface area contributed by atoms with Gasteiger partial charge < -0.3 is 10.2 Å². The maximum absolute atomic E-state index is 12.5. The molecule has 1 atom stereocenters. The van der Waals surface area contributed by atoms with Gasteiger partial charge in [-0.05, 0) is 31.2 Å². The van der Waals surface area contributed by atoms with Gasteiger partial charge in [0, 0.05) is 32.0 Å². The van der Waals surface area contributed by atoms with Crippen LogP contribution in [0, 0.1) is 12.8 Å². The van der Waals surface area contributed by atoms with Crippen molar-refractivity contribution in [1.29, 1.82) is 0 Å². The molecular formula is C19H24N4O. The lowest BCUT2D eigenvalue weighted by atomic mass is 10.00. The Bertz CT molecular complexity index is 699. The topological polar surface area (TPSA) is 58.1 Å². The first kappa shape index (κ1) is 16.4. The minimum absolute atomic E-state index is 0.0341. The molecule has 0 radical (unpaired) electrons. The van der Waals surface area contributed by atoms with Crippen molar-refractivity contribution in [3.8, 4) is 0 Å². The fourth-order valence-corrected chi connectivity index (χ4v) is 3.09. The van der Waals surface area contributed by atoms with Crippen molar-refractivity contribution >= 4 is 11.9 Å². The zero-order chi connectivity index (χ0) is 16.9. The number of nitrogens with one attached hydrogen (secondary N) is 1. The van der Waals surface area contributed by atoms with Crippen LogP contribution in [-0.4, -0.2) is 33.9 Å². The molecule has 5 heteroatoms. The Morgan fingerprint density at radius 1 is 1.33 bits per heavy atom. The van der Waals surface area contributed by atoms with Gasteiger partial charge in [-0.3, -0.25) is 4.79 Å². The highest BCUT2D eigenvalue weighted by Crippen LogP contribution is 2.17. The van der Waals surface area contributed by atoms with Crippen molar-refractivity contribution in [3.63, 3.8) is 0 Å². The SMILES string of the molecule is Cc1cccc(CNc2ncc(C(=O)N3CCCC(C)C3)cn2)c1. The first-order valence-corrected chi connectivity index (χ1v) is 8.52. The zero-order valence-corrected chi connectivity index (χ0v) is 14.3. The summed E-state index contributed by atoms with van der Waals surface area (Å²) >= 11 is 0. The Morgan fingerprint density at radius 2 is 2.12 bits per heavy atom. The second kappa shape index (κ2) is 7.43. The number of anilines is 1. The van der Waals surface area contributed by atoms with Crippen LogP contribution in [0.3, 0.4) is 0 Å². The molecule has 1 aromatic heterocycles. The van der Waals surface area contributed by atoms with Gasteiger partial charge >= 0.3 is 0 Å². The molecule has 0 bridgehead atoms. The molecule has 0 spiro atoms. The second-order valence-corrected chi connectivity index (χ2v) is 6.64. The van der Waals surface area contributed by atoms with Crippen molar-refractivity contribution in [2.24, 2.45) is 5.92 Å². The molecule has 1 saturated heterocycles. The van der Waals surface area contributed by atoms with Crippen LogP contribution in [0.4, 0.5) is 5.95 Å². The van der Waals surface area contributed by atoms with E-state index in [-0.39, 0.29) is 5.91 Å². The van der Waals surface area contributed by atoms with Crippen molar-refractivity contribution in [2.45, 2.75) is 33.2 Å². The summed E-state index contributed by atoms with van der Waals surface area (Å²) in [5.41, 5.74) is 2.97. The summed E-state index contributed by atoms with van der Waals surface area (Å²) in [5, 5.41) is 3.19. The summed E-state index contributed by atoms with van der Waals surface area (Å²) in [7, 11) is 0. The molecule has 0 aliphatic carbocycles. The van der Waals surface area contributed by atoms with Gasteiger partial charge in [0.1, 0.15) is 0 Å². The average Bonchev–Trinajstić information content (AvgIpc) is 2.60. The van der Waals surface area contributed by atoms with Crippen LogP contribution in [0.5, 0.6) is 0 Å². The largest absolute Gasteiger partial charge is 0.350 e. The summed E-state index contributed by atoms with van der Waals surface area (Å²) in [4.78, 5) is 23.0. The second-order valence-electron chi connectivity index (χ2n) is 6.64. The molecule has 24 heavy (non-hydrogen) atoms. The van der Waals surface area contributed by atoms with Crippen LogP contribution in [-0.2, 0) is 6.54 Å². The fourth-order valence-electron chi connectivity index (χ4n) is 3.09. The Hall–Kier alpha value is -2.43. The molecule has 1 aliphatic heterocycles. The molecule has 2 heterocycles. The van der Waals surface area contributed by atoms with E-state index in [0.717, 1.165) is 19.5 Å². The Kier molecular flexibility index (Phi) is 5.08. The number of amides is 1. The maximum Gasteiger partial charge on any atom is 0.257 e. The highest BCUT2D eigenvalue weighted by Gasteiger charge is 2.22. The monoisotopic (exact) mass is 324 g/mol. The highest BCUT2D eigenvalue weighted by atomic mass is 16.2. The molecule has 1 aliphatic rings. The molecule has 1 amide bonds. The van der Waals surface area contributed by atoms with E-state index >= 15 is 0 Å². The number of carbonyl (C=O) groups is 1. The average molecular weight is 324 g/mol. The number of piperidine rings is 1. The molecule has 1 N–H and O–H groups in total. The van der Waals surface area contributed by atoms with Crippen LogP contribution in [0.1, 0.15) is 41.3 Å². The Balaban J connectivity index is 1.59. The highest BCUT2D eigenvalue weighted by molar-refractivity contribution is 5.93. The van der Waals surface area contributed by atoms with Gasteiger partial charge in [-0.25, -0.2) is 9.97 Å². The minimum Gasteiger partial charge on any atom is -0.350 e. The third kappa shape index (κ3) is 4.10. The summed E-state index contributed by atoms with van der Waals surface area (Å²) in [6.45, 7) is 6.58. The third-order valence-electron chi connectivity index (χ3n) is 4.38. The number of likely N-dealkylation sites (tertiary alicyclic amines) is 1. The standard InChI is InChI=1S/C19H24N4O/c1-14-5-3-7-16(9-14)10-20-19-21-11-17(12-22-19)18(24)23-8-4-6-15(2)13-23/h3,5,7,9,11-12,15H,4,6,8,10,13H2,1-2H3,(H,20,21,22). The molecular weight excluding hydrogens is 300 g/mol. The lowest BCUT2D eigenvalue weighted by molar-refractivity contribution is 0.0682. The van der Waals surface area contributed by atoms with E-state index in [0.29, 0.717) is 24.0 Å². The minimum atomic E-state index is 0.0341. The molecule has 1 fully saturated rings. The Labute approximate surface area is 143 Å². The molecule has 126 valence electrons. The van der Waals surface area contributed by atoms with Crippen LogP contribution < -0.4 is 5.32 Å². The zero-order valence-electron chi connectivity index (χ0n) is 14.3. The van der Waals surface area contributed by atoms with Gasteiger partial charge in [-0.15, -0.1) is 0 Å². The Morgan fingerprint density at radius 3 is 2.83 bits per heavy atom. The van der Waals surface area contributed by atoms with Crippen LogP contribution in [0.2, 0.25) is 0 Å². The molecule has 0 saturated carbocycles.